The summed E-state index contributed by atoms with van der Waals surface area (Å²) in [6.07, 6.45) is -3.63. The Morgan fingerprint density at radius 2 is 1.88 bits per heavy atom. The fourth-order valence-corrected chi connectivity index (χ4v) is 2.50. The Hall–Kier alpha value is -3.16. The van der Waals surface area contributed by atoms with E-state index in [0.29, 0.717) is 17.4 Å². The van der Waals surface area contributed by atoms with Crippen LogP contribution >= 0.6 is 0 Å². The minimum Gasteiger partial charge on any atom is -0.395 e. The highest BCUT2D eigenvalue weighted by Gasteiger charge is 2.43. The molecule has 0 saturated heterocycles. The molecule has 0 unspecified atom stereocenters. The van der Waals surface area contributed by atoms with Gasteiger partial charge in [0.15, 0.2) is 11.5 Å². The van der Waals surface area contributed by atoms with Gasteiger partial charge in [-0.2, -0.15) is 4.98 Å². The molecule has 0 atom stereocenters. The molecule has 1 aromatic heterocycles. The molecule has 0 amide bonds. The molecule has 2 heterocycles. The van der Waals surface area contributed by atoms with Gasteiger partial charge in [-0.05, 0) is 24.6 Å². The summed E-state index contributed by atoms with van der Waals surface area (Å²) < 4.78 is 40.0. The first-order chi connectivity index (χ1) is 12.0. The maximum atomic E-state index is 13.0. The first kappa shape index (κ1) is 15.4. The average Bonchev–Trinajstić information content (AvgIpc) is 3.15. The largest absolute Gasteiger partial charge is 0.586 e. The van der Waals surface area contributed by atoms with Crippen LogP contribution in [0.15, 0.2) is 47.0 Å². The zero-order valence-corrected chi connectivity index (χ0v) is 13.1. The normalized spacial score (nSPS) is 14.5. The van der Waals surface area contributed by atoms with Gasteiger partial charge in [-0.15, -0.1) is 8.78 Å². The van der Waals surface area contributed by atoms with Crippen LogP contribution in [0.4, 0.5) is 14.5 Å². The van der Waals surface area contributed by atoms with Crippen molar-refractivity contribution < 1.29 is 22.8 Å². The molecule has 4 rings (SSSR count). The number of anilines is 1. The van der Waals surface area contributed by atoms with Crippen LogP contribution in [-0.2, 0) is 6.54 Å². The lowest BCUT2D eigenvalue weighted by Crippen LogP contribution is -2.25. The van der Waals surface area contributed by atoms with Crippen molar-refractivity contribution in [3.63, 3.8) is 0 Å². The van der Waals surface area contributed by atoms with E-state index in [1.807, 2.05) is 31.2 Å². The van der Waals surface area contributed by atoms with Crippen LogP contribution in [0.2, 0.25) is 0 Å². The van der Waals surface area contributed by atoms with Crippen molar-refractivity contribution >= 4 is 5.69 Å². The Morgan fingerprint density at radius 3 is 2.72 bits per heavy atom. The third-order valence-corrected chi connectivity index (χ3v) is 3.70. The fraction of sp³-hybridized carbons (Fsp3) is 0.176. The highest BCUT2D eigenvalue weighted by molar-refractivity contribution is 5.59. The predicted molar refractivity (Wildman–Crippen MR) is 84.4 cm³/mol. The smallest absolute Gasteiger partial charge is 0.395 e. The summed E-state index contributed by atoms with van der Waals surface area (Å²) >= 11 is 0. The van der Waals surface area contributed by atoms with E-state index in [9.17, 15) is 8.78 Å². The van der Waals surface area contributed by atoms with Crippen molar-refractivity contribution in [1.29, 1.82) is 0 Å². The fourth-order valence-electron chi connectivity index (χ4n) is 2.50. The van der Waals surface area contributed by atoms with Crippen LogP contribution in [0.5, 0.6) is 11.5 Å². The summed E-state index contributed by atoms with van der Waals surface area (Å²) in [5, 5.41) is 6.99. The van der Waals surface area contributed by atoms with Crippen molar-refractivity contribution in [2.45, 2.75) is 19.8 Å². The molecule has 128 valence electrons. The standard InChI is InChI=1S/C17H13F2N3O3/c1-10-4-2-3-5-12(10)16-21-15(25-22-16)9-20-11-6-7-13-14(8-11)24-17(18,19)23-13/h2-8,20H,9H2,1H3. The summed E-state index contributed by atoms with van der Waals surface area (Å²) in [5.74, 6) is 0.845. The van der Waals surface area contributed by atoms with E-state index in [2.05, 4.69) is 24.9 Å². The third kappa shape index (κ3) is 3.10. The number of aryl methyl sites for hydroxylation is 1. The summed E-state index contributed by atoms with van der Waals surface area (Å²) in [7, 11) is 0. The molecule has 3 aromatic rings. The molecule has 1 aliphatic heterocycles. The van der Waals surface area contributed by atoms with E-state index in [-0.39, 0.29) is 18.0 Å². The van der Waals surface area contributed by atoms with Crippen LogP contribution in [0, 0.1) is 6.92 Å². The number of hydrogen-bond donors (Lipinski definition) is 1. The topological polar surface area (TPSA) is 69.4 Å². The summed E-state index contributed by atoms with van der Waals surface area (Å²) in [5.41, 5.74) is 2.50. The molecular weight excluding hydrogens is 332 g/mol. The van der Waals surface area contributed by atoms with Crippen molar-refractivity contribution in [3.8, 4) is 22.9 Å². The number of rotatable bonds is 4. The minimum atomic E-state index is -3.63. The Labute approximate surface area is 141 Å². The minimum absolute atomic E-state index is 0.00446. The predicted octanol–water partition coefficient (Wildman–Crippen LogP) is 3.98. The van der Waals surface area contributed by atoms with E-state index < -0.39 is 6.29 Å². The number of benzene rings is 2. The number of alkyl halides is 2. The van der Waals surface area contributed by atoms with Gasteiger partial charge in [0.05, 0.1) is 6.54 Å². The maximum absolute atomic E-state index is 13.0. The van der Waals surface area contributed by atoms with E-state index >= 15 is 0 Å². The lowest BCUT2D eigenvalue weighted by Gasteiger charge is -2.04. The second-order valence-corrected chi connectivity index (χ2v) is 5.51. The molecule has 1 aliphatic rings. The van der Waals surface area contributed by atoms with Crippen LogP contribution in [-0.4, -0.2) is 16.4 Å². The lowest BCUT2D eigenvalue weighted by atomic mass is 10.1. The van der Waals surface area contributed by atoms with Crippen molar-refractivity contribution in [3.05, 3.63) is 53.9 Å². The van der Waals surface area contributed by atoms with Gasteiger partial charge in [0.25, 0.3) is 0 Å². The van der Waals surface area contributed by atoms with Crippen LogP contribution in [0.25, 0.3) is 11.4 Å². The van der Waals surface area contributed by atoms with Crippen LogP contribution < -0.4 is 14.8 Å². The quantitative estimate of drug-likeness (QED) is 0.771. The Balaban J connectivity index is 1.46. The molecule has 0 saturated carbocycles. The molecule has 25 heavy (non-hydrogen) atoms. The first-order valence-electron chi connectivity index (χ1n) is 7.52. The molecule has 0 radical (unpaired) electrons. The third-order valence-electron chi connectivity index (χ3n) is 3.70. The second kappa shape index (κ2) is 5.73. The van der Waals surface area contributed by atoms with Crippen molar-refractivity contribution in [1.82, 2.24) is 10.1 Å². The summed E-state index contributed by atoms with van der Waals surface area (Å²) in [6, 6.07) is 12.1. The van der Waals surface area contributed by atoms with E-state index in [1.54, 1.807) is 6.07 Å². The molecule has 2 aromatic carbocycles. The van der Waals surface area contributed by atoms with Gasteiger partial charge >= 0.3 is 6.29 Å². The number of fused-ring (bicyclic) bond motifs is 1. The van der Waals surface area contributed by atoms with Gasteiger partial charge in [-0.1, -0.05) is 29.4 Å². The van der Waals surface area contributed by atoms with Gasteiger partial charge in [0.1, 0.15) is 0 Å². The lowest BCUT2D eigenvalue weighted by molar-refractivity contribution is -0.286. The van der Waals surface area contributed by atoms with Crippen LogP contribution in [0.3, 0.4) is 0 Å². The van der Waals surface area contributed by atoms with Gasteiger partial charge in [-0.3, -0.25) is 0 Å². The van der Waals surface area contributed by atoms with Crippen LogP contribution in [0.1, 0.15) is 11.5 Å². The number of aromatic nitrogens is 2. The Morgan fingerprint density at radius 1 is 1.08 bits per heavy atom. The molecule has 6 nitrogen and oxygen atoms in total. The molecule has 8 heteroatoms. The van der Waals surface area contributed by atoms with Crippen molar-refractivity contribution in [2.24, 2.45) is 0 Å². The molecule has 0 bridgehead atoms. The maximum Gasteiger partial charge on any atom is 0.586 e. The van der Waals surface area contributed by atoms with E-state index in [0.717, 1.165) is 11.1 Å². The Bertz CT molecular complexity index is 927. The van der Waals surface area contributed by atoms with Gasteiger partial charge < -0.3 is 19.3 Å². The number of hydrogen-bond acceptors (Lipinski definition) is 6. The zero-order chi connectivity index (χ0) is 17.4. The number of halogens is 2. The number of ether oxygens (including phenoxy) is 2. The molecule has 0 spiro atoms. The van der Waals surface area contributed by atoms with Gasteiger partial charge in [-0.25, -0.2) is 0 Å². The molecule has 0 aliphatic carbocycles. The molecule has 0 fully saturated rings. The monoisotopic (exact) mass is 345 g/mol. The Kier molecular flexibility index (Phi) is 3.52. The van der Waals surface area contributed by atoms with Crippen molar-refractivity contribution in [2.75, 3.05) is 5.32 Å². The first-order valence-corrected chi connectivity index (χ1v) is 7.52. The highest BCUT2D eigenvalue weighted by Crippen LogP contribution is 2.42. The molecule has 1 N–H and O–H groups in total. The summed E-state index contributed by atoms with van der Waals surface area (Å²) in [4.78, 5) is 4.34. The average molecular weight is 345 g/mol. The SMILES string of the molecule is Cc1ccccc1-c1noc(CNc2ccc3c(c2)OC(F)(F)O3)n1. The number of nitrogens with one attached hydrogen (secondary N) is 1. The van der Waals surface area contributed by atoms with Gasteiger partial charge in [0, 0.05) is 17.3 Å². The second-order valence-electron chi connectivity index (χ2n) is 5.51. The zero-order valence-electron chi connectivity index (χ0n) is 13.1. The van der Waals surface area contributed by atoms with Gasteiger partial charge in [0.2, 0.25) is 11.7 Å². The molecular formula is C17H13F2N3O3. The summed E-state index contributed by atoms with van der Waals surface area (Å²) in [6.45, 7) is 2.21. The number of nitrogens with zero attached hydrogens (tertiary/aromatic N) is 2. The highest BCUT2D eigenvalue weighted by atomic mass is 19.3. The van der Waals surface area contributed by atoms with E-state index in [1.165, 1.54) is 12.1 Å². The van der Waals surface area contributed by atoms with E-state index in [4.69, 9.17) is 4.52 Å².